The zero-order valence-corrected chi connectivity index (χ0v) is 15.3. The summed E-state index contributed by atoms with van der Waals surface area (Å²) in [4.78, 5) is 27.3. The molecule has 1 amide bonds. The van der Waals surface area contributed by atoms with Gasteiger partial charge >= 0.3 is 5.69 Å². The number of aryl methyl sites for hydroxylation is 1. The van der Waals surface area contributed by atoms with Crippen LogP contribution in [0.15, 0.2) is 78.0 Å². The van der Waals surface area contributed by atoms with E-state index in [1.54, 1.807) is 29.2 Å². The van der Waals surface area contributed by atoms with Crippen LogP contribution >= 0.6 is 0 Å². The van der Waals surface area contributed by atoms with E-state index in [4.69, 9.17) is 0 Å². The van der Waals surface area contributed by atoms with Crippen molar-refractivity contribution in [3.63, 3.8) is 0 Å². The maximum Gasteiger partial charge on any atom is 0.330 e. The second-order valence-corrected chi connectivity index (χ2v) is 6.44. The first kappa shape index (κ1) is 17.5. The number of hydrogen-bond acceptors (Lipinski definition) is 3. The van der Waals surface area contributed by atoms with Gasteiger partial charge in [0.25, 0.3) is 0 Å². The van der Waals surface area contributed by atoms with Gasteiger partial charge in [0, 0.05) is 18.1 Å². The van der Waals surface area contributed by atoms with Gasteiger partial charge in [-0.1, -0.05) is 30.3 Å². The zero-order valence-electron chi connectivity index (χ0n) is 15.3. The van der Waals surface area contributed by atoms with E-state index in [-0.39, 0.29) is 18.0 Å². The van der Waals surface area contributed by atoms with Crippen molar-refractivity contribution in [2.45, 2.75) is 13.3 Å². The molecule has 0 aliphatic carbocycles. The summed E-state index contributed by atoms with van der Waals surface area (Å²) in [6, 6.07) is 16.9. The van der Waals surface area contributed by atoms with Crippen LogP contribution in [0, 0.1) is 6.92 Å². The summed E-state index contributed by atoms with van der Waals surface area (Å²) in [6.45, 7) is 1.83. The molecule has 0 atom stereocenters. The van der Waals surface area contributed by atoms with Gasteiger partial charge in [-0.2, -0.15) is 5.10 Å². The Kier molecular flexibility index (Phi) is 4.63. The van der Waals surface area contributed by atoms with Gasteiger partial charge in [-0.15, -0.1) is 0 Å². The predicted molar refractivity (Wildman–Crippen MR) is 107 cm³/mol. The predicted octanol–water partition coefficient (Wildman–Crippen LogP) is 2.84. The van der Waals surface area contributed by atoms with Gasteiger partial charge < -0.3 is 10.3 Å². The number of H-pyrrole nitrogens is 1. The van der Waals surface area contributed by atoms with Crippen LogP contribution in [-0.4, -0.2) is 25.2 Å². The highest BCUT2D eigenvalue weighted by atomic mass is 16.2. The summed E-state index contributed by atoms with van der Waals surface area (Å²) < 4.78 is 3.27. The number of anilines is 1. The van der Waals surface area contributed by atoms with Gasteiger partial charge in [0.05, 0.1) is 29.7 Å². The first-order valence-corrected chi connectivity index (χ1v) is 8.87. The van der Waals surface area contributed by atoms with E-state index in [9.17, 15) is 9.59 Å². The Morgan fingerprint density at radius 3 is 2.61 bits per heavy atom. The van der Waals surface area contributed by atoms with Crippen molar-refractivity contribution in [3.8, 4) is 11.4 Å². The molecule has 7 heteroatoms. The number of rotatable bonds is 5. The highest BCUT2D eigenvalue weighted by Crippen LogP contribution is 2.20. The molecule has 2 N–H and O–H groups in total. The van der Waals surface area contributed by atoms with E-state index in [1.165, 1.54) is 4.57 Å². The van der Waals surface area contributed by atoms with Crippen LogP contribution in [0.2, 0.25) is 0 Å². The van der Waals surface area contributed by atoms with Crippen LogP contribution in [0.25, 0.3) is 11.4 Å². The highest BCUT2D eigenvalue weighted by molar-refractivity contribution is 5.94. The lowest BCUT2D eigenvalue weighted by Crippen LogP contribution is -2.20. The maximum absolute atomic E-state index is 12.6. The SMILES string of the molecule is Cc1c[nH]c(=O)n1-c1ccccc1NC(=O)Cc1cnn(-c2ccccc2)c1. The molecule has 140 valence electrons. The van der Waals surface area contributed by atoms with E-state index in [0.717, 1.165) is 16.9 Å². The number of aromatic amines is 1. The van der Waals surface area contributed by atoms with Crippen molar-refractivity contribution in [2.24, 2.45) is 0 Å². The Morgan fingerprint density at radius 2 is 1.86 bits per heavy atom. The molecule has 0 aliphatic rings. The van der Waals surface area contributed by atoms with Crippen LogP contribution in [0.1, 0.15) is 11.3 Å². The second-order valence-electron chi connectivity index (χ2n) is 6.44. The molecule has 28 heavy (non-hydrogen) atoms. The number of nitrogens with zero attached hydrogens (tertiary/aromatic N) is 3. The summed E-state index contributed by atoms with van der Waals surface area (Å²) in [5, 5.41) is 7.22. The van der Waals surface area contributed by atoms with Gasteiger partial charge in [-0.3, -0.25) is 9.36 Å². The summed E-state index contributed by atoms with van der Waals surface area (Å²) in [6.07, 6.45) is 5.34. The number of aromatic nitrogens is 4. The van der Waals surface area contributed by atoms with Gasteiger partial charge in [-0.25, -0.2) is 9.48 Å². The normalized spacial score (nSPS) is 10.8. The minimum atomic E-state index is -0.247. The minimum Gasteiger partial charge on any atom is -0.324 e. The number of carbonyl (C=O) groups is 1. The number of amides is 1. The third kappa shape index (κ3) is 3.50. The average molecular weight is 373 g/mol. The smallest absolute Gasteiger partial charge is 0.324 e. The van der Waals surface area contributed by atoms with Crippen molar-refractivity contribution in [3.05, 3.63) is 94.9 Å². The first-order valence-electron chi connectivity index (χ1n) is 8.87. The first-order chi connectivity index (χ1) is 13.6. The van der Waals surface area contributed by atoms with E-state index < -0.39 is 0 Å². The van der Waals surface area contributed by atoms with Gasteiger partial charge in [-0.05, 0) is 36.8 Å². The van der Waals surface area contributed by atoms with Crippen molar-refractivity contribution >= 4 is 11.6 Å². The Balaban J connectivity index is 1.53. The van der Waals surface area contributed by atoms with Crippen molar-refractivity contribution in [2.75, 3.05) is 5.32 Å². The molecule has 0 unspecified atom stereocenters. The van der Waals surface area contributed by atoms with Crippen LogP contribution in [0.4, 0.5) is 5.69 Å². The van der Waals surface area contributed by atoms with Crippen LogP contribution < -0.4 is 11.0 Å². The standard InChI is InChI=1S/C21H19N5O2/c1-15-12-22-21(28)26(15)19-10-6-5-9-18(19)24-20(27)11-16-13-23-25(14-16)17-7-3-2-4-8-17/h2-10,12-14H,11H2,1H3,(H,22,28)(H,24,27). The van der Waals surface area contributed by atoms with E-state index >= 15 is 0 Å². The van der Waals surface area contributed by atoms with Gasteiger partial charge in [0.1, 0.15) is 0 Å². The molecule has 0 bridgehead atoms. The van der Waals surface area contributed by atoms with Crippen LogP contribution in [-0.2, 0) is 11.2 Å². The number of nitrogens with one attached hydrogen (secondary N) is 2. The quantitative estimate of drug-likeness (QED) is 0.564. The van der Waals surface area contributed by atoms with E-state index in [2.05, 4.69) is 15.4 Å². The Labute approximate surface area is 161 Å². The molecule has 4 rings (SSSR count). The molecule has 0 saturated carbocycles. The Bertz CT molecular complexity index is 1170. The molecule has 4 aromatic rings. The fraction of sp³-hybridized carbons (Fsp3) is 0.0952. The number of para-hydroxylation sites is 3. The topological polar surface area (TPSA) is 84.7 Å². The van der Waals surface area contributed by atoms with E-state index in [1.807, 2.05) is 55.6 Å². The van der Waals surface area contributed by atoms with Gasteiger partial charge in [0.2, 0.25) is 5.91 Å². The van der Waals surface area contributed by atoms with E-state index in [0.29, 0.717) is 11.4 Å². The maximum atomic E-state index is 12.6. The summed E-state index contributed by atoms with van der Waals surface area (Å²) >= 11 is 0. The molecular formula is C21H19N5O2. The molecule has 2 aromatic heterocycles. The Morgan fingerprint density at radius 1 is 1.11 bits per heavy atom. The number of imidazole rings is 1. The number of hydrogen-bond donors (Lipinski definition) is 2. The molecule has 0 fully saturated rings. The highest BCUT2D eigenvalue weighted by Gasteiger charge is 2.13. The fourth-order valence-corrected chi connectivity index (χ4v) is 3.08. The summed E-state index contributed by atoms with van der Waals surface area (Å²) in [5.74, 6) is -0.179. The largest absolute Gasteiger partial charge is 0.330 e. The molecule has 0 radical (unpaired) electrons. The number of benzene rings is 2. The second kappa shape index (κ2) is 7.40. The lowest BCUT2D eigenvalue weighted by atomic mass is 10.2. The summed E-state index contributed by atoms with van der Waals surface area (Å²) in [7, 11) is 0. The third-order valence-corrected chi connectivity index (χ3v) is 4.40. The molecule has 0 saturated heterocycles. The van der Waals surface area contributed by atoms with Gasteiger partial charge in [0.15, 0.2) is 0 Å². The molecule has 7 nitrogen and oxygen atoms in total. The lowest BCUT2D eigenvalue weighted by molar-refractivity contribution is -0.115. The minimum absolute atomic E-state index is 0.179. The fourth-order valence-electron chi connectivity index (χ4n) is 3.08. The lowest BCUT2D eigenvalue weighted by Gasteiger charge is -2.12. The van der Waals surface area contributed by atoms with Crippen molar-refractivity contribution < 1.29 is 4.79 Å². The van der Waals surface area contributed by atoms with Crippen LogP contribution in [0.5, 0.6) is 0 Å². The van der Waals surface area contributed by atoms with Crippen LogP contribution in [0.3, 0.4) is 0 Å². The number of carbonyl (C=O) groups excluding carboxylic acids is 1. The molecule has 2 heterocycles. The summed E-state index contributed by atoms with van der Waals surface area (Å²) in [5.41, 5.74) is 3.45. The van der Waals surface area contributed by atoms with Crippen molar-refractivity contribution in [1.82, 2.24) is 19.3 Å². The van der Waals surface area contributed by atoms with Crippen molar-refractivity contribution in [1.29, 1.82) is 0 Å². The zero-order chi connectivity index (χ0) is 19.5. The molecule has 0 spiro atoms. The molecule has 0 aliphatic heterocycles. The third-order valence-electron chi connectivity index (χ3n) is 4.40. The molecule has 2 aromatic carbocycles. The molecular weight excluding hydrogens is 354 g/mol. The monoisotopic (exact) mass is 373 g/mol. The Hall–Kier alpha value is -3.87. The average Bonchev–Trinajstić information content (AvgIpc) is 3.29.